The summed E-state index contributed by atoms with van der Waals surface area (Å²) in [4.78, 5) is 19.6. The number of fused-ring (bicyclic) bond motifs is 1. The summed E-state index contributed by atoms with van der Waals surface area (Å²) in [6.45, 7) is 0.520. The zero-order chi connectivity index (χ0) is 18.8. The van der Waals surface area contributed by atoms with Crippen LogP contribution >= 0.6 is 23.1 Å². The number of hydrogen-bond acceptors (Lipinski definition) is 5. The third-order valence-corrected chi connectivity index (χ3v) is 6.30. The Morgan fingerprint density at radius 1 is 1.11 bits per heavy atom. The highest BCUT2D eigenvalue weighted by atomic mass is 32.2. The van der Waals surface area contributed by atoms with E-state index in [0.29, 0.717) is 11.2 Å². The van der Waals surface area contributed by atoms with Crippen LogP contribution in [0.5, 0.6) is 5.75 Å². The van der Waals surface area contributed by atoms with E-state index in [2.05, 4.69) is 35.5 Å². The Hall–Kier alpha value is -2.57. The van der Waals surface area contributed by atoms with Crippen LogP contribution in [-0.4, -0.2) is 22.9 Å². The topological polar surface area (TPSA) is 44.1 Å². The molecule has 6 heteroatoms. The van der Waals surface area contributed by atoms with Crippen molar-refractivity contribution in [2.24, 2.45) is 0 Å². The van der Waals surface area contributed by atoms with E-state index in [-0.39, 0.29) is 5.56 Å². The van der Waals surface area contributed by atoms with Gasteiger partial charge in [0.2, 0.25) is 0 Å². The van der Waals surface area contributed by atoms with Gasteiger partial charge in [-0.05, 0) is 59.8 Å². The number of benzene rings is 2. The fraction of sp³-hybridized carbons (Fsp3) is 0.143. The lowest BCUT2D eigenvalue weighted by Gasteiger charge is -2.06. The first-order chi connectivity index (χ1) is 13.2. The Kier molecular flexibility index (Phi) is 5.01. The van der Waals surface area contributed by atoms with Gasteiger partial charge in [0, 0.05) is 9.77 Å². The highest BCUT2D eigenvalue weighted by molar-refractivity contribution is 7.98. The standard InChI is InChI=1S/C21H18N2O2S2/c1-25-16-7-5-15(6-8-16)19-11-18-20(27-19)21(24)23(13-22-18)12-14-3-9-17(26-2)10-4-14/h3-11,13H,12H2,1-2H3. The average molecular weight is 395 g/mol. The van der Waals surface area contributed by atoms with Gasteiger partial charge in [-0.1, -0.05) is 12.1 Å². The number of rotatable bonds is 5. The molecule has 0 atom stereocenters. The molecule has 4 aromatic rings. The molecule has 0 spiro atoms. The van der Waals surface area contributed by atoms with Crippen LogP contribution in [0.25, 0.3) is 20.7 Å². The minimum Gasteiger partial charge on any atom is -0.497 e. The largest absolute Gasteiger partial charge is 0.497 e. The van der Waals surface area contributed by atoms with Crippen molar-refractivity contribution in [1.82, 2.24) is 9.55 Å². The van der Waals surface area contributed by atoms with Crippen LogP contribution in [0.2, 0.25) is 0 Å². The normalized spacial score (nSPS) is 11.0. The molecule has 0 aliphatic heterocycles. The highest BCUT2D eigenvalue weighted by Gasteiger charge is 2.11. The molecule has 0 bridgehead atoms. The predicted molar refractivity (Wildman–Crippen MR) is 113 cm³/mol. The lowest BCUT2D eigenvalue weighted by Crippen LogP contribution is -2.20. The second-order valence-electron chi connectivity index (χ2n) is 6.08. The molecule has 0 aliphatic carbocycles. The first-order valence-electron chi connectivity index (χ1n) is 8.44. The van der Waals surface area contributed by atoms with Crippen LogP contribution < -0.4 is 10.3 Å². The van der Waals surface area contributed by atoms with Crippen molar-refractivity contribution < 1.29 is 4.74 Å². The molecule has 0 unspecified atom stereocenters. The third kappa shape index (κ3) is 3.63. The number of methoxy groups -OCH3 is 1. The van der Waals surface area contributed by atoms with Crippen LogP contribution in [0.1, 0.15) is 5.56 Å². The lowest BCUT2D eigenvalue weighted by atomic mass is 10.2. The fourth-order valence-corrected chi connectivity index (χ4v) is 4.36. The molecule has 0 aliphatic rings. The monoisotopic (exact) mass is 394 g/mol. The van der Waals surface area contributed by atoms with Gasteiger partial charge in [0.05, 0.1) is 25.5 Å². The number of ether oxygens (including phenoxy) is 1. The van der Waals surface area contributed by atoms with Gasteiger partial charge < -0.3 is 4.74 Å². The molecule has 2 aromatic heterocycles. The van der Waals surface area contributed by atoms with E-state index in [1.54, 1.807) is 29.8 Å². The molecule has 0 N–H and O–H groups in total. The van der Waals surface area contributed by atoms with E-state index >= 15 is 0 Å². The zero-order valence-electron chi connectivity index (χ0n) is 15.0. The quantitative estimate of drug-likeness (QED) is 0.452. The van der Waals surface area contributed by atoms with Gasteiger partial charge >= 0.3 is 0 Å². The minimum absolute atomic E-state index is 0.00120. The number of aromatic nitrogens is 2. The van der Waals surface area contributed by atoms with Crippen molar-refractivity contribution in [3.63, 3.8) is 0 Å². The second kappa shape index (κ2) is 7.58. The summed E-state index contributed by atoms with van der Waals surface area (Å²) in [6.07, 6.45) is 3.69. The smallest absolute Gasteiger partial charge is 0.271 e. The van der Waals surface area contributed by atoms with E-state index in [9.17, 15) is 4.79 Å². The van der Waals surface area contributed by atoms with E-state index in [4.69, 9.17) is 4.74 Å². The summed E-state index contributed by atoms with van der Waals surface area (Å²) in [5.41, 5.74) is 2.88. The highest BCUT2D eigenvalue weighted by Crippen LogP contribution is 2.31. The maximum Gasteiger partial charge on any atom is 0.271 e. The molecule has 2 aromatic carbocycles. The molecule has 4 rings (SSSR count). The van der Waals surface area contributed by atoms with Crippen molar-refractivity contribution in [3.8, 4) is 16.2 Å². The molecule has 0 saturated carbocycles. The molecular weight excluding hydrogens is 376 g/mol. The molecule has 4 nitrogen and oxygen atoms in total. The van der Waals surface area contributed by atoms with Gasteiger partial charge in [-0.15, -0.1) is 23.1 Å². The average Bonchev–Trinajstić information content (AvgIpc) is 3.16. The van der Waals surface area contributed by atoms with Crippen LogP contribution in [0.3, 0.4) is 0 Å². The second-order valence-corrected chi connectivity index (χ2v) is 8.01. The van der Waals surface area contributed by atoms with E-state index < -0.39 is 0 Å². The van der Waals surface area contributed by atoms with Crippen LogP contribution in [0, 0.1) is 0 Å². The Labute approximate surface area is 165 Å². The first kappa shape index (κ1) is 17.8. The van der Waals surface area contributed by atoms with E-state index in [0.717, 1.165) is 27.3 Å². The van der Waals surface area contributed by atoms with Crippen LogP contribution in [0.4, 0.5) is 0 Å². The van der Waals surface area contributed by atoms with Crippen molar-refractivity contribution >= 4 is 33.3 Å². The van der Waals surface area contributed by atoms with Crippen LogP contribution in [0.15, 0.2) is 70.6 Å². The number of hydrogen-bond donors (Lipinski definition) is 0. The molecule has 136 valence electrons. The zero-order valence-corrected chi connectivity index (χ0v) is 16.6. The summed E-state index contributed by atoms with van der Waals surface area (Å²) < 4.78 is 7.56. The maximum absolute atomic E-state index is 12.9. The van der Waals surface area contributed by atoms with Gasteiger partial charge in [0.1, 0.15) is 10.4 Å². The van der Waals surface area contributed by atoms with E-state index in [1.807, 2.05) is 30.3 Å². The Morgan fingerprint density at radius 2 is 1.85 bits per heavy atom. The maximum atomic E-state index is 12.9. The van der Waals surface area contributed by atoms with Crippen molar-refractivity contribution in [3.05, 3.63) is 76.8 Å². The Morgan fingerprint density at radius 3 is 2.52 bits per heavy atom. The SMILES string of the molecule is COc1ccc(-c2cc3ncn(Cc4ccc(SC)cc4)c(=O)c3s2)cc1. The molecular formula is C21H18N2O2S2. The molecule has 0 radical (unpaired) electrons. The Bertz CT molecular complexity index is 1130. The fourth-order valence-electron chi connectivity index (χ4n) is 2.88. The summed E-state index contributed by atoms with van der Waals surface area (Å²) >= 11 is 3.19. The molecule has 27 heavy (non-hydrogen) atoms. The number of thiophene rings is 1. The van der Waals surface area contributed by atoms with Gasteiger partial charge in [0.15, 0.2) is 0 Å². The lowest BCUT2D eigenvalue weighted by molar-refractivity contribution is 0.415. The first-order valence-corrected chi connectivity index (χ1v) is 10.5. The number of thioether (sulfide) groups is 1. The van der Waals surface area contributed by atoms with Crippen molar-refractivity contribution in [2.75, 3.05) is 13.4 Å². The van der Waals surface area contributed by atoms with Crippen molar-refractivity contribution in [1.29, 1.82) is 0 Å². The third-order valence-electron chi connectivity index (χ3n) is 4.39. The van der Waals surface area contributed by atoms with E-state index in [1.165, 1.54) is 16.2 Å². The number of nitrogens with zero attached hydrogens (tertiary/aromatic N) is 2. The van der Waals surface area contributed by atoms with Crippen molar-refractivity contribution in [2.45, 2.75) is 11.4 Å². The molecule has 2 heterocycles. The van der Waals surface area contributed by atoms with Crippen LogP contribution in [-0.2, 0) is 6.54 Å². The van der Waals surface area contributed by atoms with Gasteiger partial charge in [-0.25, -0.2) is 4.98 Å². The summed E-state index contributed by atoms with van der Waals surface area (Å²) in [6, 6.07) is 18.1. The summed E-state index contributed by atoms with van der Waals surface area (Å²) in [5.74, 6) is 0.813. The molecule has 0 amide bonds. The molecule has 0 fully saturated rings. The Balaban J connectivity index is 1.67. The minimum atomic E-state index is -0.00120. The summed E-state index contributed by atoms with van der Waals surface area (Å²) in [7, 11) is 1.65. The molecule has 0 saturated heterocycles. The predicted octanol–water partition coefficient (Wildman–Crippen LogP) is 4.90. The van der Waals surface area contributed by atoms with Gasteiger partial charge in [-0.3, -0.25) is 9.36 Å². The van der Waals surface area contributed by atoms with Gasteiger partial charge in [0.25, 0.3) is 5.56 Å². The summed E-state index contributed by atoms with van der Waals surface area (Å²) in [5, 5.41) is 0. The van der Waals surface area contributed by atoms with Gasteiger partial charge in [-0.2, -0.15) is 0 Å².